The summed E-state index contributed by atoms with van der Waals surface area (Å²) in [5, 5.41) is 0.162. The predicted molar refractivity (Wildman–Crippen MR) is 76.4 cm³/mol. The van der Waals surface area contributed by atoms with Gasteiger partial charge in [0.2, 0.25) is 0 Å². The average Bonchev–Trinajstić information content (AvgIpc) is 2.42. The van der Waals surface area contributed by atoms with Crippen LogP contribution in [0.1, 0.15) is 22.7 Å². The number of aryl methyl sites for hydroxylation is 1. The molecule has 2 aromatic rings. The van der Waals surface area contributed by atoms with Gasteiger partial charge in [-0.3, -0.25) is 11.3 Å². The molecule has 0 amide bonds. The SMILES string of the molecule is Cc1ccc(C(Cc2cccc(F)c2Cl)NN)cc1. The summed E-state index contributed by atoms with van der Waals surface area (Å²) in [4.78, 5) is 0. The molecule has 2 rings (SSSR count). The molecule has 0 bridgehead atoms. The fourth-order valence-corrected chi connectivity index (χ4v) is 2.20. The van der Waals surface area contributed by atoms with E-state index in [1.807, 2.05) is 37.3 Å². The first kappa shape index (κ1) is 14.0. The Morgan fingerprint density at radius 3 is 2.53 bits per heavy atom. The third-order valence-corrected chi connectivity index (χ3v) is 3.56. The minimum absolute atomic E-state index is 0.0973. The third kappa shape index (κ3) is 3.32. The Morgan fingerprint density at radius 1 is 1.21 bits per heavy atom. The fourth-order valence-electron chi connectivity index (χ4n) is 2.00. The maximum Gasteiger partial charge on any atom is 0.142 e. The molecule has 0 spiro atoms. The first-order valence-corrected chi connectivity index (χ1v) is 6.45. The summed E-state index contributed by atoms with van der Waals surface area (Å²) in [5.74, 6) is 5.19. The van der Waals surface area contributed by atoms with Gasteiger partial charge in [0.1, 0.15) is 5.82 Å². The molecular weight excluding hydrogens is 263 g/mol. The van der Waals surface area contributed by atoms with Crippen molar-refractivity contribution >= 4 is 11.6 Å². The number of halogens is 2. The van der Waals surface area contributed by atoms with Crippen molar-refractivity contribution in [2.75, 3.05) is 0 Å². The molecule has 4 heteroatoms. The summed E-state index contributed by atoms with van der Waals surface area (Å²) in [7, 11) is 0. The van der Waals surface area contributed by atoms with Crippen molar-refractivity contribution in [3.8, 4) is 0 Å². The Morgan fingerprint density at radius 2 is 1.89 bits per heavy atom. The first-order chi connectivity index (χ1) is 9.11. The summed E-state index contributed by atoms with van der Waals surface area (Å²) in [6, 6.07) is 12.8. The summed E-state index contributed by atoms with van der Waals surface area (Å²) < 4.78 is 13.4. The molecular formula is C15H16ClFN2. The zero-order chi connectivity index (χ0) is 13.8. The van der Waals surface area contributed by atoms with E-state index in [9.17, 15) is 4.39 Å². The number of nitrogens with two attached hydrogens (primary N) is 1. The maximum absolute atomic E-state index is 13.4. The standard InChI is InChI=1S/C15H16ClFN2/c1-10-5-7-11(8-6-10)14(19-18)9-12-3-2-4-13(17)15(12)16/h2-8,14,19H,9,18H2,1H3. The van der Waals surface area contributed by atoms with E-state index in [0.29, 0.717) is 6.42 Å². The van der Waals surface area contributed by atoms with Gasteiger partial charge in [-0.1, -0.05) is 53.6 Å². The van der Waals surface area contributed by atoms with Crippen LogP contribution in [0.3, 0.4) is 0 Å². The van der Waals surface area contributed by atoms with E-state index in [1.165, 1.54) is 11.6 Å². The fraction of sp³-hybridized carbons (Fsp3) is 0.200. The maximum atomic E-state index is 13.4. The van der Waals surface area contributed by atoms with Crippen LogP contribution in [0.15, 0.2) is 42.5 Å². The van der Waals surface area contributed by atoms with Gasteiger partial charge in [0.05, 0.1) is 11.1 Å². The van der Waals surface area contributed by atoms with Crippen molar-refractivity contribution in [3.63, 3.8) is 0 Å². The minimum Gasteiger partial charge on any atom is -0.271 e. The molecule has 0 heterocycles. The highest BCUT2D eigenvalue weighted by Gasteiger charge is 2.14. The molecule has 0 aromatic heterocycles. The lowest BCUT2D eigenvalue weighted by atomic mass is 9.98. The number of hydrogen-bond donors (Lipinski definition) is 2. The van der Waals surface area contributed by atoms with Crippen molar-refractivity contribution < 1.29 is 4.39 Å². The van der Waals surface area contributed by atoms with Crippen LogP contribution in [0.2, 0.25) is 5.02 Å². The van der Waals surface area contributed by atoms with Crippen LogP contribution in [-0.2, 0) is 6.42 Å². The number of hydrazine groups is 1. The molecule has 0 radical (unpaired) electrons. The summed E-state index contributed by atoms with van der Waals surface area (Å²) in [6.07, 6.45) is 0.538. The summed E-state index contributed by atoms with van der Waals surface area (Å²) in [5.41, 5.74) is 5.73. The Bertz CT molecular complexity index is 555. The van der Waals surface area contributed by atoms with Crippen LogP contribution < -0.4 is 11.3 Å². The highest BCUT2D eigenvalue weighted by Crippen LogP contribution is 2.25. The lowest BCUT2D eigenvalue weighted by molar-refractivity contribution is 0.548. The van der Waals surface area contributed by atoms with Crippen molar-refractivity contribution in [1.29, 1.82) is 0 Å². The third-order valence-electron chi connectivity index (χ3n) is 3.14. The van der Waals surface area contributed by atoms with Crippen LogP contribution in [0, 0.1) is 12.7 Å². The second kappa shape index (κ2) is 6.15. The highest BCUT2D eigenvalue weighted by molar-refractivity contribution is 6.31. The van der Waals surface area contributed by atoms with E-state index < -0.39 is 5.82 Å². The van der Waals surface area contributed by atoms with Gasteiger partial charge in [-0.05, 0) is 30.5 Å². The average molecular weight is 279 g/mol. The largest absolute Gasteiger partial charge is 0.271 e. The molecule has 1 unspecified atom stereocenters. The second-order valence-corrected chi connectivity index (χ2v) is 4.92. The van der Waals surface area contributed by atoms with Crippen LogP contribution in [0.5, 0.6) is 0 Å². The lowest BCUT2D eigenvalue weighted by Crippen LogP contribution is -2.29. The van der Waals surface area contributed by atoms with Gasteiger partial charge in [0, 0.05) is 0 Å². The Labute approximate surface area is 117 Å². The first-order valence-electron chi connectivity index (χ1n) is 6.07. The summed E-state index contributed by atoms with van der Waals surface area (Å²) >= 11 is 5.96. The second-order valence-electron chi connectivity index (χ2n) is 4.55. The molecule has 100 valence electrons. The molecule has 0 saturated heterocycles. The number of rotatable bonds is 4. The molecule has 0 aliphatic rings. The zero-order valence-electron chi connectivity index (χ0n) is 10.7. The van der Waals surface area contributed by atoms with Gasteiger partial charge in [-0.25, -0.2) is 4.39 Å². The molecule has 2 nitrogen and oxygen atoms in total. The van der Waals surface area contributed by atoms with Gasteiger partial charge in [-0.2, -0.15) is 0 Å². The molecule has 0 aliphatic carbocycles. The van der Waals surface area contributed by atoms with E-state index in [-0.39, 0.29) is 11.1 Å². The number of nitrogens with one attached hydrogen (secondary N) is 1. The van der Waals surface area contributed by atoms with Crippen molar-refractivity contribution in [2.24, 2.45) is 5.84 Å². The molecule has 1 atom stereocenters. The van der Waals surface area contributed by atoms with Gasteiger partial charge < -0.3 is 0 Å². The van der Waals surface area contributed by atoms with Crippen LogP contribution in [0.4, 0.5) is 4.39 Å². The Balaban J connectivity index is 2.24. The van der Waals surface area contributed by atoms with Crippen LogP contribution in [-0.4, -0.2) is 0 Å². The highest BCUT2D eigenvalue weighted by atomic mass is 35.5. The molecule has 0 saturated carbocycles. The molecule has 19 heavy (non-hydrogen) atoms. The van der Waals surface area contributed by atoms with E-state index >= 15 is 0 Å². The van der Waals surface area contributed by atoms with E-state index in [1.54, 1.807) is 6.07 Å². The zero-order valence-corrected chi connectivity index (χ0v) is 11.4. The predicted octanol–water partition coefficient (Wildman–Crippen LogP) is 3.53. The van der Waals surface area contributed by atoms with Gasteiger partial charge >= 0.3 is 0 Å². The number of hydrogen-bond acceptors (Lipinski definition) is 2. The van der Waals surface area contributed by atoms with Crippen molar-refractivity contribution in [3.05, 3.63) is 70.0 Å². The minimum atomic E-state index is -0.404. The Kier molecular flexibility index (Phi) is 4.53. The molecule has 2 aromatic carbocycles. The number of benzene rings is 2. The van der Waals surface area contributed by atoms with E-state index in [4.69, 9.17) is 17.4 Å². The lowest BCUT2D eigenvalue weighted by Gasteiger charge is -2.17. The summed E-state index contributed by atoms with van der Waals surface area (Å²) in [6.45, 7) is 2.03. The van der Waals surface area contributed by atoms with Gasteiger partial charge in [0.15, 0.2) is 0 Å². The van der Waals surface area contributed by atoms with Crippen LogP contribution >= 0.6 is 11.6 Å². The van der Waals surface area contributed by atoms with Crippen molar-refractivity contribution in [1.82, 2.24) is 5.43 Å². The molecule has 3 N–H and O–H groups in total. The topological polar surface area (TPSA) is 38.0 Å². The monoisotopic (exact) mass is 278 g/mol. The Hall–Kier alpha value is -1.42. The van der Waals surface area contributed by atoms with Gasteiger partial charge in [0.25, 0.3) is 0 Å². The normalized spacial score (nSPS) is 12.4. The van der Waals surface area contributed by atoms with Crippen molar-refractivity contribution in [2.45, 2.75) is 19.4 Å². The van der Waals surface area contributed by atoms with Gasteiger partial charge in [-0.15, -0.1) is 0 Å². The molecule has 0 aliphatic heterocycles. The smallest absolute Gasteiger partial charge is 0.142 e. The van der Waals surface area contributed by atoms with Crippen LogP contribution in [0.25, 0.3) is 0 Å². The van der Waals surface area contributed by atoms with E-state index in [0.717, 1.165) is 11.1 Å². The van der Waals surface area contributed by atoms with E-state index in [2.05, 4.69) is 5.43 Å². The molecule has 0 fully saturated rings. The quantitative estimate of drug-likeness (QED) is 0.663.